The van der Waals surface area contributed by atoms with E-state index in [0.717, 1.165) is 0 Å². The zero-order valence-corrected chi connectivity index (χ0v) is 18.5. The summed E-state index contributed by atoms with van der Waals surface area (Å²) in [7, 11) is 0. The number of alkyl halides is 1. The maximum absolute atomic E-state index is 15.8. The van der Waals surface area contributed by atoms with Gasteiger partial charge in [0.2, 0.25) is 0 Å². The Kier molecular flexibility index (Phi) is 7.30. The molecule has 10 heteroatoms. The van der Waals surface area contributed by atoms with Crippen molar-refractivity contribution in [2.75, 3.05) is 6.61 Å². The number of halogens is 2. The van der Waals surface area contributed by atoms with E-state index >= 15 is 4.39 Å². The van der Waals surface area contributed by atoms with E-state index in [-0.39, 0.29) is 11.5 Å². The molecule has 1 saturated carbocycles. The summed E-state index contributed by atoms with van der Waals surface area (Å²) in [5, 5.41) is 10.2. The molecule has 3 atom stereocenters. The van der Waals surface area contributed by atoms with Gasteiger partial charge in [0.25, 0.3) is 0 Å². The van der Waals surface area contributed by atoms with Crippen LogP contribution in [0.15, 0.2) is 12.4 Å². The van der Waals surface area contributed by atoms with Gasteiger partial charge < -0.3 is 19.3 Å². The Morgan fingerprint density at radius 2 is 1.53 bits per heavy atom. The van der Waals surface area contributed by atoms with Crippen molar-refractivity contribution < 1.29 is 42.5 Å². The van der Waals surface area contributed by atoms with Gasteiger partial charge >= 0.3 is 18.2 Å². The first-order valence-electron chi connectivity index (χ1n) is 9.55. The molecule has 1 aliphatic carbocycles. The van der Waals surface area contributed by atoms with Gasteiger partial charge in [0.05, 0.1) is 18.5 Å². The van der Waals surface area contributed by atoms with E-state index in [0.29, 0.717) is 0 Å². The fourth-order valence-corrected chi connectivity index (χ4v) is 2.94. The van der Waals surface area contributed by atoms with Crippen LogP contribution in [0.25, 0.3) is 0 Å². The van der Waals surface area contributed by atoms with Crippen molar-refractivity contribution >= 4 is 18.2 Å². The summed E-state index contributed by atoms with van der Waals surface area (Å²) in [6.07, 6.45) is -6.46. The Hall–Kier alpha value is -2.23. The molecule has 0 spiro atoms. The van der Waals surface area contributed by atoms with Gasteiger partial charge in [-0.15, -0.1) is 0 Å². The minimum atomic E-state index is -2.89. The smallest absolute Gasteiger partial charge is 0.420 e. The second-order valence-corrected chi connectivity index (χ2v) is 9.15. The summed E-state index contributed by atoms with van der Waals surface area (Å²) in [6.45, 7) is 13.3. The minimum absolute atomic E-state index is 0.186. The van der Waals surface area contributed by atoms with Gasteiger partial charge in [0, 0.05) is 12.8 Å². The largest absolute Gasteiger partial charge is 0.464 e. The number of imide groups is 1. The molecule has 1 unspecified atom stereocenters. The molecule has 8 nitrogen and oxygen atoms in total. The van der Waals surface area contributed by atoms with Crippen LogP contribution in [0.4, 0.5) is 18.4 Å². The maximum Gasteiger partial charge on any atom is 0.420 e. The number of hydrogen-bond acceptors (Lipinski definition) is 7. The highest BCUT2D eigenvalue weighted by molar-refractivity contribution is 6.00. The van der Waals surface area contributed by atoms with Crippen LogP contribution in [0.1, 0.15) is 61.3 Å². The van der Waals surface area contributed by atoms with E-state index in [1.165, 1.54) is 48.5 Å². The molecule has 0 bridgehead atoms. The molecule has 0 heterocycles. The van der Waals surface area contributed by atoms with Crippen molar-refractivity contribution in [1.29, 1.82) is 0 Å². The molecule has 1 fully saturated rings. The Labute approximate surface area is 175 Å². The van der Waals surface area contributed by atoms with E-state index < -0.39 is 65.3 Å². The molecule has 30 heavy (non-hydrogen) atoms. The van der Waals surface area contributed by atoms with Crippen LogP contribution in [-0.4, -0.2) is 63.3 Å². The summed E-state index contributed by atoms with van der Waals surface area (Å²) < 4.78 is 44.3. The second-order valence-electron chi connectivity index (χ2n) is 9.15. The number of aliphatic hydroxyl groups excluding tert-OH is 1. The lowest BCUT2D eigenvalue weighted by molar-refractivity contribution is -0.155. The Balaban J connectivity index is 3.54. The monoisotopic (exact) mass is 435 g/mol. The summed E-state index contributed by atoms with van der Waals surface area (Å²) in [5.74, 6) is -2.32. The Bertz CT molecular complexity index is 685. The van der Waals surface area contributed by atoms with Gasteiger partial charge in [-0.2, -0.15) is 4.90 Å². The Morgan fingerprint density at radius 1 is 1.10 bits per heavy atom. The van der Waals surface area contributed by atoms with Crippen molar-refractivity contribution in [2.24, 2.45) is 0 Å². The molecule has 0 aliphatic heterocycles. The molecule has 1 N–H and O–H groups in total. The third kappa shape index (κ3) is 5.47. The molecule has 0 aromatic heterocycles. The van der Waals surface area contributed by atoms with Gasteiger partial charge in [-0.05, 0) is 48.5 Å². The van der Waals surface area contributed by atoms with E-state index in [1.54, 1.807) is 0 Å². The average Bonchev–Trinajstić information content (AvgIpc) is 3.11. The third-order valence-corrected chi connectivity index (χ3v) is 4.17. The molecular weight excluding hydrogens is 404 g/mol. The molecule has 1 aliphatic rings. The van der Waals surface area contributed by atoms with Crippen molar-refractivity contribution in [2.45, 2.75) is 89.8 Å². The second kappa shape index (κ2) is 8.49. The number of carbonyl (C=O) groups is 3. The van der Waals surface area contributed by atoms with Gasteiger partial charge in [0.1, 0.15) is 11.2 Å². The van der Waals surface area contributed by atoms with Crippen LogP contribution in [0.3, 0.4) is 0 Å². The predicted octanol–water partition coefficient (Wildman–Crippen LogP) is 3.81. The molecule has 2 amide bonds. The van der Waals surface area contributed by atoms with Gasteiger partial charge in [-0.25, -0.2) is 23.2 Å². The topological polar surface area (TPSA) is 102 Å². The number of aliphatic hydroxyl groups is 1. The lowest BCUT2D eigenvalue weighted by Gasteiger charge is -2.34. The van der Waals surface area contributed by atoms with Crippen LogP contribution in [0, 0.1) is 0 Å². The van der Waals surface area contributed by atoms with Crippen LogP contribution in [-0.2, 0) is 19.0 Å². The predicted molar refractivity (Wildman–Crippen MR) is 103 cm³/mol. The number of rotatable bonds is 6. The summed E-state index contributed by atoms with van der Waals surface area (Å²) in [4.78, 5) is 38.7. The van der Waals surface area contributed by atoms with E-state index in [2.05, 4.69) is 6.58 Å². The minimum Gasteiger partial charge on any atom is -0.464 e. The number of hydrogen-bond donors (Lipinski definition) is 1. The molecular formula is C20H31F2NO7. The normalized spacial score (nSPS) is 24.5. The third-order valence-electron chi connectivity index (χ3n) is 4.17. The molecule has 0 radical (unpaired) electrons. The number of ether oxygens (including phenoxy) is 3. The standard InChI is InChI=1S/C20H31F2NO7/c1-9-28-14(25)20(11-19(20,22)13(24)10-12(2)21)23(15(26)29-17(3,4)5)16(27)30-18(6,7)8/h13,24H,2,9-11H2,1,3-8H3/t13?,19-,20-/m1/s1. The molecule has 172 valence electrons. The summed E-state index contributed by atoms with van der Waals surface area (Å²) in [6, 6.07) is 0. The quantitative estimate of drug-likeness (QED) is 0.500. The van der Waals surface area contributed by atoms with Crippen LogP contribution >= 0.6 is 0 Å². The number of nitrogens with zero attached hydrogens (tertiary/aromatic N) is 1. The van der Waals surface area contributed by atoms with Gasteiger partial charge in [-0.3, -0.25) is 0 Å². The first-order valence-corrected chi connectivity index (χ1v) is 9.55. The van der Waals surface area contributed by atoms with Crippen molar-refractivity contribution in [3.63, 3.8) is 0 Å². The van der Waals surface area contributed by atoms with Gasteiger partial charge in [0.15, 0.2) is 11.2 Å². The zero-order valence-electron chi connectivity index (χ0n) is 18.5. The maximum atomic E-state index is 15.8. The summed E-state index contributed by atoms with van der Waals surface area (Å²) in [5.41, 5.74) is -7.68. The lowest BCUT2D eigenvalue weighted by Crippen LogP contribution is -2.59. The average molecular weight is 435 g/mol. The van der Waals surface area contributed by atoms with Crippen LogP contribution in [0.5, 0.6) is 0 Å². The summed E-state index contributed by atoms with van der Waals surface area (Å²) >= 11 is 0. The molecule has 0 saturated heterocycles. The van der Waals surface area contributed by atoms with Crippen molar-refractivity contribution in [1.82, 2.24) is 4.90 Å². The zero-order chi connectivity index (χ0) is 23.7. The van der Waals surface area contributed by atoms with E-state index in [1.807, 2.05) is 0 Å². The molecule has 0 aromatic carbocycles. The van der Waals surface area contributed by atoms with Gasteiger partial charge in [-0.1, -0.05) is 6.58 Å². The highest BCUT2D eigenvalue weighted by Crippen LogP contribution is 2.59. The van der Waals surface area contributed by atoms with Crippen LogP contribution < -0.4 is 0 Å². The first kappa shape index (κ1) is 25.8. The number of amides is 2. The number of carbonyl (C=O) groups excluding carboxylic acids is 3. The first-order chi connectivity index (χ1) is 13.4. The SMILES string of the molecule is C=C(F)CC(O)[C@]1(F)C[C@]1(C(=O)OCC)N(C(=O)OC(C)(C)C)C(=O)OC(C)(C)C. The highest BCUT2D eigenvalue weighted by Gasteiger charge is 2.83. The van der Waals surface area contributed by atoms with Crippen molar-refractivity contribution in [3.8, 4) is 0 Å². The number of esters is 1. The fourth-order valence-electron chi connectivity index (χ4n) is 2.94. The molecule has 0 aromatic rings. The fraction of sp³-hybridized carbons (Fsp3) is 0.750. The van der Waals surface area contributed by atoms with Crippen LogP contribution in [0.2, 0.25) is 0 Å². The van der Waals surface area contributed by atoms with E-state index in [9.17, 15) is 23.9 Å². The molecule has 1 rings (SSSR count). The Morgan fingerprint density at radius 3 is 1.87 bits per heavy atom. The van der Waals surface area contributed by atoms with Crippen molar-refractivity contribution in [3.05, 3.63) is 12.4 Å². The highest BCUT2D eigenvalue weighted by atomic mass is 19.1. The lowest BCUT2D eigenvalue weighted by atomic mass is 10.0. The van der Waals surface area contributed by atoms with E-state index in [4.69, 9.17) is 14.2 Å².